The number of hydrogen-bond donors (Lipinski definition) is 2. The number of aryl methyl sites for hydroxylation is 1. The van der Waals surface area contributed by atoms with Gasteiger partial charge in [-0.25, -0.2) is 23.1 Å². The normalized spacial score (nSPS) is 20.0. The van der Waals surface area contributed by atoms with Crippen molar-refractivity contribution in [2.45, 2.75) is 63.9 Å². The summed E-state index contributed by atoms with van der Waals surface area (Å²) in [5, 5.41) is 3.86. The van der Waals surface area contributed by atoms with E-state index in [0.717, 1.165) is 36.3 Å². The van der Waals surface area contributed by atoms with Crippen LogP contribution in [0.2, 0.25) is 0 Å². The molecule has 0 unspecified atom stereocenters. The third kappa shape index (κ3) is 5.13. The molecule has 3 aromatic rings. The third-order valence-corrected chi connectivity index (χ3v) is 10.9. The molecule has 12 heteroatoms. The molecule has 2 fully saturated rings. The molecule has 2 N–H and O–H groups in total. The van der Waals surface area contributed by atoms with Crippen molar-refractivity contribution in [2.75, 3.05) is 23.8 Å². The van der Waals surface area contributed by atoms with Crippen molar-refractivity contribution in [1.29, 1.82) is 0 Å². The highest BCUT2D eigenvalue weighted by Gasteiger charge is 2.41. The quantitative estimate of drug-likeness (QED) is 0.388. The Labute approximate surface area is 244 Å². The standard InChI is InChI=1S/C29H34N6O4S2/c1-16-7-6-12-34(27(16)36)24-9-5-8-23(32-24)33-29-31-17(2)26(40-29)20-13-21-15-35(18(3)19-10-11-19)28(37)25(21)22(14-20)41(38,39)30-4/h5,8-9,13-14,16,18-19,30H,6-7,10-12,15H2,1-4H3,(H,31,32,33)/t16-,18+/m1/s1. The number of pyridine rings is 1. The van der Waals surface area contributed by atoms with Crippen molar-refractivity contribution >= 4 is 49.9 Å². The third-order valence-electron chi connectivity index (χ3n) is 8.36. The second-order valence-electron chi connectivity index (χ2n) is 11.2. The number of piperidine rings is 1. The fourth-order valence-electron chi connectivity index (χ4n) is 5.81. The highest BCUT2D eigenvalue weighted by atomic mass is 32.2. The summed E-state index contributed by atoms with van der Waals surface area (Å²) in [6, 6.07) is 9.10. The highest BCUT2D eigenvalue weighted by molar-refractivity contribution is 7.89. The second-order valence-corrected chi connectivity index (χ2v) is 14.1. The molecule has 1 saturated carbocycles. The van der Waals surface area contributed by atoms with E-state index in [9.17, 15) is 18.0 Å². The number of benzene rings is 1. The predicted octanol–water partition coefficient (Wildman–Crippen LogP) is 4.68. The van der Waals surface area contributed by atoms with Gasteiger partial charge in [-0.05, 0) is 87.9 Å². The van der Waals surface area contributed by atoms with Crippen molar-refractivity contribution in [3.05, 3.63) is 47.2 Å². The van der Waals surface area contributed by atoms with E-state index < -0.39 is 10.0 Å². The Bertz CT molecular complexity index is 1650. The molecule has 10 nitrogen and oxygen atoms in total. The Kier molecular flexibility index (Phi) is 7.11. The number of sulfonamides is 1. The zero-order chi connectivity index (χ0) is 29.1. The molecule has 4 heterocycles. The Hall–Kier alpha value is -3.35. The Morgan fingerprint density at radius 1 is 1.12 bits per heavy atom. The maximum Gasteiger partial charge on any atom is 0.256 e. The lowest BCUT2D eigenvalue weighted by molar-refractivity contribution is -0.123. The van der Waals surface area contributed by atoms with E-state index in [4.69, 9.17) is 4.98 Å². The van der Waals surface area contributed by atoms with Gasteiger partial charge in [0.1, 0.15) is 11.6 Å². The molecule has 41 heavy (non-hydrogen) atoms. The van der Waals surface area contributed by atoms with E-state index in [1.807, 2.05) is 45.0 Å². The molecule has 0 bridgehead atoms. The minimum absolute atomic E-state index is 0.0000935. The zero-order valence-corrected chi connectivity index (χ0v) is 25.2. The molecule has 2 aliphatic heterocycles. The van der Waals surface area contributed by atoms with Crippen LogP contribution in [0.25, 0.3) is 10.4 Å². The van der Waals surface area contributed by atoms with Crippen molar-refractivity contribution in [1.82, 2.24) is 19.6 Å². The Balaban J connectivity index is 1.32. The van der Waals surface area contributed by atoms with Crippen LogP contribution in [0, 0.1) is 18.8 Å². The summed E-state index contributed by atoms with van der Waals surface area (Å²) in [7, 11) is -2.53. The summed E-state index contributed by atoms with van der Waals surface area (Å²) < 4.78 is 28.6. The van der Waals surface area contributed by atoms with Gasteiger partial charge in [0, 0.05) is 25.0 Å². The van der Waals surface area contributed by atoms with Crippen LogP contribution in [0.15, 0.2) is 35.2 Å². The van der Waals surface area contributed by atoms with Crippen molar-refractivity contribution in [3.8, 4) is 10.4 Å². The molecule has 216 valence electrons. The fraction of sp³-hybridized carbons (Fsp3) is 0.448. The van der Waals surface area contributed by atoms with Gasteiger partial charge in [-0.3, -0.25) is 14.5 Å². The number of carbonyl (C=O) groups is 2. The number of thiazole rings is 1. The summed E-state index contributed by atoms with van der Waals surface area (Å²) in [5.74, 6) is 1.48. The molecule has 2 atom stereocenters. The monoisotopic (exact) mass is 594 g/mol. The van der Waals surface area contributed by atoms with E-state index >= 15 is 0 Å². The van der Waals surface area contributed by atoms with Gasteiger partial charge in [-0.15, -0.1) is 0 Å². The largest absolute Gasteiger partial charge is 0.331 e. The number of rotatable bonds is 8. The molecule has 3 aliphatic rings. The maximum absolute atomic E-state index is 13.4. The maximum atomic E-state index is 13.4. The van der Waals surface area contributed by atoms with Crippen LogP contribution < -0.4 is 14.9 Å². The first kappa shape index (κ1) is 27.8. The van der Waals surface area contributed by atoms with Crippen LogP contribution in [-0.2, 0) is 21.4 Å². The van der Waals surface area contributed by atoms with Gasteiger partial charge in [0.05, 0.1) is 21.0 Å². The van der Waals surface area contributed by atoms with Gasteiger partial charge >= 0.3 is 0 Å². The molecule has 0 spiro atoms. The van der Waals surface area contributed by atoms with Gasteiger partial charge in [0.25, 0.3) is 5.91 Å². The summed E-state index contributed by atoms with van der Waals surface area (Å²) >= 11 is 1.39. The van der Waals surface area contributed by atoms with E-state index in [1.54, 1.807) is 15.9 Å². The first-order valence-electron chi connectivity index (χ1n) is 14.0. The number of hydrogen-bond acceptors (Lipinski definition) is 8. The molecule has 1 aromatic carbocycles. The number of fused-ring (bicyclic) bond motifs is 1. The van der Waals surface area contributed by atoms with Crippen molar-refractivity contribution in [3.63, 3.8) is 0 Å². The number of nitrogens with zero attached hydrogens (tertiary/aromatic N) is 4. The lowest BCUT2D eigenvalue weighted by Gasteiger charge is -2.29. The first-order valence-corrected chi connectivity index (χ1v) is 16.3. The van der Waals surface area contributed by atoms with Crippen LogP contribution in [0.5, 0.6) is 0 Å². The highest BCUT2D eigenvalue weighted by Crippen LogP contribution is 2.42. The van der Waals surface area contributed by atoms with Crippen LogP contribution in [0.3, 0.4) is 0 Å². The molecule has 0 radical (unpaired) electrons. The first-order chi connectivity index (χ1) is 19.6. The number of aromatic nitrogens is 2. The molecular weight excluding hydrogens is 560 g/mol. The Morgan fingerprint density at radius 2 is 1.90 bits per heavy atom. The van der Waals surface area contributed by atoms with Crippen molar-refractivity contribution in [2.24, 2.45) is 11.8 Å². The fourth-order valence-corrected chi connectivity index (χ4v) is 7.76. The summed E-state index contributed by atoms with van der Waals surface area (Å²) in [6.45, 7) is 6.91. The number of carbonyl (C=O) groups excluding carboxylic acids is 2. The number of nitrogens with one attached hydrogen (secondary N) is 2. The van der Waals surface area contributed by atoms with E-state index in [2.05, 4.69) is 15.0 Å². The lowest BCUT2D eigenvalue weighted by Crippen LogP contribution is -2.40. The van der Waals surface area contributed by atoms with E-state index in [1.165, 1.54) is 18.4 Å². The summed E-state index contributed by atoms with van der Waals surface area (Å²) in [4.78, 5) is 39.9. The topological polar surface area (TPSA) is 125 Å². The molecule has 1 aliphatic carbocycles. The summed E-state index contributed by atoms with van der Waals surface area (Å²) in [6.07, 6.45) is 4.01. The van der Waals surface area contributed by atoms with E-state index in [-0.39, 0.29) is 34.2 Å². The van der Waals surface area contributed by atoms with Crippen LogP contribution >= 0.6 is 11.3 Å². The average Bonchev–Trinajstić information content (AvgIpc) is 3.67. The lowest BCUT2D eigenvalue weighted by atomic mass is 9.99. The number of amides is 2. The van der Waals surface area contributed by atoms with Gasteiger partial charge in [-0.2, -0.15) is 0 Å². The molecular formula is C29H34N6O4S2. The van der Waals surface area contributed by atoms with Crippen LogP contribution in [-0.4, -0.2) is 54.7 Å². The molecule has 6 rings (SSSR count). The predicted molar refractivity (Wildman–Crippen MR) is 159 cm³/mol. The second kappa shape index (κ2) is 10.5. The van der Waals surface area contributed by atoms with Gasteiger partial charge in [0.2, 0.25) is 15.9 Å². The van der Waals surface area contributed by atoms with Crippen LogP contribution in [0.1, 0.15) is 61.1 Å². The molecule has 2 amide bonds. The average molecular weight is 595 g/mol. The van der Waals surface area contributed by atoms with Gasteiger partial charge < -0.3 is 10.2 Å². The molecule has 2 aromatic heterocycles. The minimum Gasteiger partial charge on any atom is -0.331 e. The summed E-state index contributed by atoms with van der Waals surface area (Å²) in [5.41, 5.74) is 2.41. The van der Waals surface area contributed by atoms with Gasteiger partial charge in [-0.1, -0.05) is 24.3 Å². The van der Waals surface area contributed by atoms with Gasteiger partial charge in [0.15, 0.2) is 5.13 Å². The Morgan fingerprint density at radius 3 is 2.63 bits per heavy atom. The van der Waals surface area contributed by atoms with E-state index in [0.29, 0.717) is 46.9 Å². The van der Waals surface area contributed by atoms with Crippen LogP contribution in [0.4, 0.5) is 16.8 Å². The zero-order valence-electron chi connectivity index (χ0n) is 23.6. The smallest absolute Gasteiger partial charge is 0.256 e. The van der Waals surface area contributed by atoms with Crippen molar-refractivity contribution < 1.29 is 18.0 Å². The SMILES string of the molecule is CNS(=O)(=O)c1cc(-c2sc(Nc3cccc(N4CCC[C@@H](C)C4=O)n3)nc2C)cc2c1C(=O)N([C@@H](C)C1CC1)C2. The minimum atomic E-state index is -3.89. The molecule has 1 saturated heterocycles. The number of anilines is 3.